The van der Waals surface area contributed by atoms with Crippen molar-refractivity contribution in [2.75, 3.05) is 16.2 Å². The molecule has 1 aliphatic heterocycles. The van der Waals surface area contributed by atoms with Crippen molar-refractivity contribution in [3.05, 3.63) is 65.1 Å². The summed E-state index contributed by atoms with van der Waals surface area (Å²) in [6.07, 6.45) is 2.91. The monoisotopic (exact) mass is 356 g/mol. The van der Waals surface area contributed by atoms with Gasteiger partial charge in [0.05, 0.1) is 11.1 Å². The van der Waals surface area contributed by atoms with Gasteiger partial charge in [-0.1, -0.05) is 36.4 Å². The van der Waals surface area contributed by atoms with Gasteiger partial charge in [-0.2, -0.15) is 0 Å². The SMILES string of the molecule is Cc1ccc(NS(=O)(=O)/C=C/c2ccccc2)cc1N1CCCC1=O. The van der Waals surface area contributed by atoms with E-state index in [0.717, 1.165) is 28.6 Å². The Morgan fingerprint density at radius 2 is 1.88 bits per heavy atom. The molecule has 3 rings (SSSR count). The lowest BCUT2D eigenvalue weighted by Crippen LogP contribution is -2.24. The number of carbonyl (C=O) groups is 1. The second-order valence-electron chi connectivity index (χ2n) is 6.01. The summed E-state index contributed by atoms with van der Waals surface area (Å²) in [4.78, 5) is 13.7. The van der Waals surface area contributed by atoms with Gasteiger partial charge in [-0.15, -0.1) is 0 Å². The van der Waals surface area contributed by atoms with Crippen LogP contribution in [0.2, 0.25) is 0 Å². The summed E-state index contributed by atoms with van der Waals surface area (Å²) in [6.45, 7) is 2.58. The minimum atomic E-state index is -3.63. The van der Waals surface area contributed by atoms with Crippen LogP contribution in [-0.2, 0) is 14.8 Å². The van der Waals surface area contributed by atoms with Crippen LogP contribution in [0.5, 0.6) is 0 Å². The Kier molecular flexibility index (Phi) is 4.90. The molecule has 6 heteroatoms. The summed E-state index contributed by atoms with van der Waals surface area (Å²) >= 11 is 0. The molecule has 0 aliphatic carbocycles. The van der Waals surface area contributed by atoms with Crippen molar-refractivity contribution in [2.45, 2.75) is 19.8 Å². The lowest BCUT2D eigenvalue weighted by atomic mass is 10.1. The van der Waals surface area contributed by atoms with Crippen molar-refractivity contribution in [3.63, 3.8) is 0 Å². The number of aryl methyl sites for hydroxylation is 1. The van der Waals surface area contributed by atoms with Gasteiger partial charge in [0.25, 0.3) is 10.0 Å². The summed E-state index contributed by atoms with van der Waals surface area (Å²) in [5.74, 6) is 0.0760. The Labute approximate surface area is 148 Å². The van der Waals surface area contributed by atoms with E-state index in [4.69, 9.17) is 0 Å². The molecule has 2 aromatic rings. The largest absolute Gasteiger partial charge is 0.312 e. The Bertz CT molecular complexity index is 906. The summed E-state index contributed by atoms with van der Waals surface area (Å²) in [5.41, 5.74) is 2.95. The number of anilines is 2. The molecule has 1 fully saturated rings. The zero-order chi connectivity index (χ0) is 17.9. The summed E-state index contributed by atoms with van der Waals surface area (Å²) in [7, 11) is -3.63. The van der Waals surface area contributed by atoms with E-state index in [2.05, 4.69) is 4.72 Å². The summed E-state index contributed by atoms with van der Waals surface area (Å²) < 4.78 is 27.1. The van der Waals surface area contributed by atoms with E-state index in [1.54, 1.807) is 23.1 Å². The molecule has 1 heterocycles. The minimum absolute atomic E-state index is 0.0760. The fraction of sp³-hybridized carbons (Fsp3) is 0.211. The van der Waals surface area contributed by atoms with Gasteiger partial charge in [0.2, 0.25) is 5.91 Å². The van der Waals surface area contributed by atoms with Gasteiger partial charge in [-0.05, 0) is 42.7 Å². The van der Waals surface area contributed by atoms with Gasteiger partial charge in [0, 0.05) is 18.7 Å². The van der Waals surface area contributed by atoms with E-state index >= 15 is 0 Å². The van der Waals surface area contributed by atoms with Crippen molar-refractivity contribution < 1.29 is 13.2 Å². The normalized spacial score (nSPS) is 15.1. The van der Waals surface area contributed by atoms with Gasteiger partial charge in [0.1, 0.15) is 0 Å². The van der Waals surface area contributed by atoms with Crippen LogP contribution in [0.4, 0.5) is 11.4 Å². The van der Waals surface area contributed by atoms with Gasteiger partial charge < -0.3 is 4.90 Å². The number of rotatable bonds is 5. The van der Waals surface area contributed by atoms with Gasteiger partial charge >= 0.3 is 0 Å². The number of amides is 1. The number of nitrogens with one attached hydrogen (secondary N) is 1. The number of hydrogen-bond donors (Lipinski definition) is 1. The molecule has 5 nitrogen and oxygen atoms in total. The van der Waals surface area contributed by atoms with Crippen LogP contribution in [-0.4, -0.2) is 20.9 Å². The second-order valence-corrected chi connectivity index (χ2v) is 7.58. The Hall–Kier alpha value is -2.60. The molecule has 0 atom stereocenters. The first-order chi connectivity index (χ1) is 11.9. The summed E-state index contributed by atoms with van der Waals surface area (Å²) in [5, 5.41) is 1.14. The van der Waals surface area contributed by atoms with Crippen LogP contribution in [0.3, 0.4) is 0 Å². The number of sulfonamides is 1. The molecule has 0 radical (unpaired) electrons. The smallest absolute Gasteiger partial charge is 0.255 e. The van der Waals surface area contributed by atoms with Gasteiger partial charge in [-0.25, -0.2) is 8.42 Å². The zero-order valence-electron chi connectivity index (χ0n) is 14.0. The van der Waals surface area contributed by atoms with E-state index in [0.29, 0.717) is 18.7 Å². The molecular weight excluding hydrogens is 336 g/mol. The molecule has 0 saturated carbocycles. The highest BCUT2D eigenvalue weighted by molar-refractivity contribution is 7.95. The molecule has 25 heavy (non-hydrogen) atoms. The first-order valence-electron chi connectivity index (χ1n) is 8.12. The zero-order valence-corrected chi connectivity index (χ0v) is 14.8. The highest BCUT2D eigenvalue weighted by atomic mass is 32.2. The first-order valence-corrected chi connectivity index (χ1v) is 9.66. The number of hydrogen-bond acceptors (Lipinski definition) is 3. The molecular formula is C19H20N2O3S. The lowest BCUT2D eigenvalue weighted by molar-refractivity contribution is -0.117. The molecule has 1 amide bonds. The standard InChI is InChI=1S/C19H20N2O3S/c1-15-9-10-17(14-18(15)21-12-5-8-19(21)22)20-25(23,24)13-11-16-6-3-2-4-7-16/h2-4,6-7,9-11,13-14,20H,5,8,12H2,1H3/b13-11+. The van der Waals surface area contributed by atoms with Crippen molar-refractivity contribution >= 4 is 33.4 Å². The van der Waals surface area contributed by atoms with Crippen molar-refractivity contribution in [2.24, 2.45) is 0 Å². The Morgan fingerprint density at radius 1 is 1.12 bits per heavy atom. The topological polar surface area (TPSA) is 66.5 Å². The van der Waals surface area contributed by atoms with Crippen molar-refractivity contribution in [3.8, 4) is 0 Å². The van der Waals surface area contributed by atoms with Crippen LogP contribution in [0.15, 0.2) is 53.9 Å². The third-order valence-electron chi connectivity index (χ3n) is 4.07. The third-order valence-corrected chi connectivity index (χ3v) is 5.09. The molecule has 1 saturated heterocycles. The average molecular weight is 356 g/mol. The Balaban J connectivity index is 1.80. The predicted molar refractivity (Wildman–Crippen MR) is 101 cm³/mol. The Morgan fingerprint density at radius 3 is 2.56 bits per heavy atom. The highest BCUT2D eigenvalue weighted by Gasteiger charge is 2.23. The third kappa shape index (κ3) is 4.28. The molecule has 0 bridgehead atoms. The molecule has 1 N–H and O–H groups in total. The molecule has 0 spiro atoms. The van der Waals surface area contributed by atoms with E-state index < -0.39 is 10.0 Å². The van der Waals surface area contributed by atoms with Crippen LogP contribution >= 0.6 is 0 Å². The predicted octanol–water partition coefficient (Wildman–Crippen LogP) is 3.53. The quantitative estimate of drug-likeness (QED) is 0.891. The molecule has 0 unspecified atom stereocenters. The van der Waals surface area contributed by atoms with Crippen LogP contribution in [0.25, 0.3) is 6.08 Å². The average Bonchev–Trinajstić information content (AvgIpc) is 3.01. The molecule has 130 valence electrons. The lowest BCUT2D eigenvalue weighted by Gasteiger charge is -2.19. The van der Waals surface area contributed by atoms with Crippen molar-refractivity contribution in [1.29, 1.82) is 0 Å². The molecule has 2 aromatic carbocycles. The van der Waals surface area contributed by atoms with Crippen LogP contribution < -0.4 is 9.62 Å². The second kappa shape index (κ2) is 7.11. The van der Waals surface area contributed by atoms with E-state index in [1.165, 1.54) is 0 Å². The number of benzene rings is 2. The highest BCUT2D eigenvalue weighted by Crippen LogP contribution is 2.28. The van der Waals surface area contributed by atoms with Gasteiger partial charge in [0.15, 0.2) is 0 Å². The maximum atomic E-state index is 12.3. The fourth-order valence-corrected chi connectivity index (χ4v) is 3.66. The van der Waals surface area contributed by atoms with Gasteiger partial charge in [-0.3, -0.25) is 9.52 Å². The van der Waals surface area contributed by atoms with E-state index in [1.807, 2.05) is 43.3 Å². The summed E-state index contributed by atoms with van der Waals surface area (Å²) in [6, 6.07) is 14.5. The minimum Gasteiger partial charge on any atom is -0.312 e. The van der Waals surface area contributed by atoms with Crippen LogP contribution in [0.1, 0.15) is 24.0 Å². The fourth-order valence-electron chi connectivity index (χ4n) is 2.80. The maximum Gasteiger partial charge on any atom is 0.255 e. The molecule has 1 aliphatic rings. The van der Waals surface area contributed by atoms with Crippen molar-refractivity contribution in [1.82, 2.24) is 0 Å². The maximum absolute atomic E-state index is 12.3. The van der Waals surface area contributed by atoms with E-state index in [9.17, 15) is 13.2 Å². The van der Waals surface area contributed by atoms with E-state index in [-0.39, 0.29) is 5.91 Å². The van der Waals surface area contributed by atoms with Crippen LogP contribution in [0, 0.1) is 6.92 Å². The molecule has 0 aromatic heterocycles. The first kappa shape index (κ1) is 17.2. The number of nitrogens with zero attached hydrogens (tertiary/aromatic N) is 1. The number of carbonyl (C=O) groups excluding carboxylic acids is 1.